The SMILES string of the molecule is CC/C=C\C1=C(C)N(C)C(C2CCN(C)CC2)N1. The predicted molar refractivity (Wildman–Crippen MR) is 77.0 cm³/mol. The summed E-state index contributed by atoms with van der Waals surface area (Å²) in [5.41, 5.74) is 2.69. The van der Waals surface area contributed by atoms with Crippen LogP contribution in [-0.2, 0) is 0 Å². The van der Waals surface area contributed by atoms with E-state index >= 15 is 0 Å². The molecule has 0 radical (unpaired) electrons. The van der Waals surface area contributed by atoms with E-state index in [2.05, 4.69) is 55.2 Å². The fourth-order valence-corrected chi connectivity index (χ4v) is 2.94. The van der Waals surface area contributed by atoms with Crippen LogP contribution in [0.2, 0.25) is 0 Å². The smallest absolute Gasteiger partial charge is 0.101 e. The van der Waals surface area contributed by atoms with Gasteiger partial charge in [-0.1, -0.05) is 13.0 Å². The molecule has 0 saturated carbocycles. The van der Waals surface area contributed by atoms with Gasteiger partial charge in [-0.3, -0.25) is 0 Å². The quantitative estimate of drug-likeness (QED) is 0.828. The van der Waals surface area contributed by atoms with Gasteiger partial charge in [-0.15, -0.1) is 0 Å². The van der Waals surface area contributed by atoms with Crippen LogP contribution in [0, 0.1) is 5.92 Å². The summed E-state index contributed by atoms with van der Waals surface area (Å²) in [6.45, 7) is 6.86. The van der Waals surface area contributed by atoms with Crippen molar-refractivity contribution in [2.45, 2.75) is 39.3 Å². The molecule has 18 heavy (non-hydrogen) atoms. The highest BCUT2D eigenvalue weighted by atomic mass is 15.3. The summed E-state index contributed by atoms with van der Waals surface area (Å²) in [6, 6.07) is 0. The Kier molecular flexibility index (Phi) is 4.33. The Bertz CT molecular complexity index is 338. The summed E-state index contributed by atoms with van der Waals surface area (Å²) in [4.78, 5) is 4.86. The number of hydrogen-bond donors (Lipinski definition) is 1. The molecule has 1 N–H and O–H groups in total. The van der Waals surface area contributed by atoms with E-state index < -0.39 is 0 Å². The molecular formula is C15H27N3. The standard InChI is InChI=1S/C15H27N3/c1-5-6-7-14-12(2)18(4)15(16-14)13-8-10-17(3)11-9-13/h6-7,13,15-16H,5,8-11H2,1-4H3/b7-6-. The van der Waals surface area contributed by atoms with Crippen molar-refractivity contribution < 1.29 is 0 Å². The highest BCUT2D eigenvalue weighted by Crippen LogP contribution is 2.29. The molecule has 3 heteroatoms. The van der Waals surface area contributed by atoms with Crippen molar-refractivity contribution in [1.82, 2.24) is 15.1 Å². The van der Waals surface area contributed by atoms with Crippen LogP contribution in [0.4, 0.5) is 0 Å². The Labute approximate surface area is 112 Å². The number of hydrogen-bond acceptors (Lipinski definition) is 3. The number of likely N-dealkylation sites (tertiary alicyclic amines) is 1. The van der Waals surface area contributed by atoms with Crippen molar-refractivity contribution in [2.24, 2.45) is 5.92 Å². The van der Waals surface area contributed by atoms with E-state index in [9.17, 15) is 0 Å². The lowest BCUT2D eigenvalue weighted by molar-refractivity contribution is 0.135. The fraction of sp³-hybridized carbons (Fsp3) is 0.733. The zero-order valence-corrected chi connectivity index (χ0v) is 12.2. The maximum Gasteiger partial charge on any atom is 0.101 e. The van der Waals surface area contributed by atoms with Crippen molar-refractivity contribution in [1.29, 1.82) is 0 Å². The molecule has 0 aromatic heterocycles. The van der Waals surface area contributed by atoms with Crippen molar-refractivity contribution in [3.8, 4) is 0 Å². The van der Waals surface area contributed by atoms with Crippen LogP contribution in [0.15, 0.2) is 23.5 Å². The molecule has 1 atom stereocenters. The Hall–Kier alpha value is -0.960. The van der Waals surface area contributed by atoms with Crippen LogP contribution in [0.5, 0.6) is 0 Å². The number of nitrogens with one attached hydrogen (secondary N) is 1. The monoisotopic (exact) mass is 249 g/mol. The molecule has 1 saturated heterocycles. The minimum absolute atomic E-state index is 0.496. The maximum absolute atomic E-state index is 3.71. The molecule has 1 fully saturated rings. The van der Waals surface area contributed by atoms with Crippen LogP contribution in [0.3, 0.4) is 0 Å². The molecule has 1 unspecified atom stereocenters. The Morgan fingerprint density at radius 2 is 1.94 bits per heavy atom. The molecule has 2 aliphatic rings. The van der Waals surface area contributed by atoms with E-state index in [1.165, 1.54) is 37.3 Å². The first-order chi connectivity index (χ1) is 8.63. The summed E-state index contributed by atoms with van der Waals surface area (Å²) in [5, 5.41) is 3.71. The molecular weight excluding hydrogens is 222 g/mol. The van der Waals surface area contributed by atoms with E-state index in [0.717, 1.165) is 12.3 Å². The van der Waals surface area contributed by atoms with Gasteiger partial charge in [0.05, 0.1) is 5.70 Å². The molecule has 0 amide bonds. The van der Waals surface area contributed by atoms with Gasteiger partial charge < -0.3 is 15.1 Å². The van der Waals surface area contributed by atoms with Crippen LogP contribution < -0.4 is 5.32 Å². The van der Waals surface area contributed by atoms with Gasteiger partial charge in [0.25, 0.3) is 0 Å². The van der Waals surface area contributed by atoms with Crippen molar-refractivity contribution >= 4 is 0 Å². The van der Waals surface area contributed by atoms with Crippen molar-refractivity contribution in [2.75, 3.05) is 27.2 Å². The molecule has 2 aliphatic heterocycles. The lowest BCUT2D eigenvalue weighted by atomic mass is 9.93. The van der Waals surface area contributed by atoms with E-state index in [-0.39, 0.29) is 0 Å². The zero-order valence-electron chi connectivity index (χ0n) is 12.2. The highest BCUT2D eigenvalue weighted by molar-refractivity contribution is 5.27. The lowest BCUT2D eigenvalue weighted by Gasteiger charge is -2.36. The van der Waals surface area contributed by atoms with Gasteiger partial charge >= 0.3 is 0 Å². The minimum atomic E-state index is 0.496. The minimum Gasteiger partial charge on any atom is -0.364 e. The molecule has 0 spiro atoms. The van der Waals surface area contributed by atoms with Gasteiger partial charge in [0, 0.05) is 18.7 Å². The number of piperidine rings is 1. The van der Waals surface area contributed by atoms with Crippen molar-refractivity contribution in [3.63, 3.8) is 0 Å². The van der Waals surface area contributed by atoms with E-state index in [0.29, 0.717) is 6.17 Å². The average molecular weight is 249 g/mol. The van der Waals surface area contributed by atoms with E-state index in [1.54, 1.807) is 0 Å². The van der Waals surface area contributed by atoms with Crippen LogP contribution in [0.1, 0.15) is 33.1 Å². The molecule has 0 aromatic rings. The first-order valence-electron chi connectivity index (χ1n) is 7.18. The van der Waals surface area contributed by atoms with Crippen LogP contribution >= 0.6 is 0 Å². The van der Waals surface area contributed by atoms with Crippen LogP contribution in [-0.4, -0.2) is 43.2 Å². The number of nitrogens with zero attached hydrogens (tertiary/aromatic N) is 2. The molecule has 3 nitrogen and oxygen atoms in total. The largest absolute Gasteiger partial charge is 0.364 e. The van der Waals surface area contributed by atoms with Gasteiger partial charge in [0.1, 0.15) is 6.17 Å². The summed E-state index contributed by atoms with van der Waals surface area (Å²) >= 11 is 0. The zero-order chi connectivity index (χ0) is 13.1. The average Bonchev–Trinajstić information content (AvgIpc) is 2.65. The van der Waals surface area contributed by atoms with E-state index in [4.69, 9.17) is 0 Å². The Morgan fingerprint density at radius 3 is 2.56 bits per heavy atom. The van der Waals surface area contributed by atoms with Gasteiger partial charge in [-0.05, 0) is 52.4 Å². The molecule has 0 aliphatic carbocycles. The maximum atomic E-state index is 3.71. The molecule has 0 bridgehead atoms. The normalized spacial score (nSPS) is 27.3. The summed E-state index contributed by atoms with van der Waals surface area (Å²) < 4.78 is 0. The van der Waals surface area contributed by atoms with Gasteiger partial charge in [0.2, 0.25) is 0 Å². The third-order valence-corrected chi connectivity index (χ3v) is 4.37. The Morgan fingerprint density at radius 1 is 1.28 bits per heavy atom. The fourth-order valence-electron chi connectivity index (χ4n) is 2.94. The first kappa shape index (κ1) is 13.5. The van der Waals surface area contributed by atoms with Crippen LogP contribution in [0.25, 0.3) is 0 Å². The lowest BCUT2D eigenvalue weighted by Crippen LogP contribution is -2.45. The number of allylic oxidation sites excluding steroid dienone is 3. The number of rotatable bonds is 3. The second kappa shape index (κ2) is 5.79. The molecule has 2 rings (SSSR count). The summed E-state index contributed by atoms with van der Waals surface area (Å²) in [6.07, 6.45) is 8.67. The molecule has 2 heterocycles. The molecule has 102 valence electrons. The third-order valence-electron chi connectivity index (χ3n) is 4.37. The highest BCUT2D eigenvalue weighted by Gasteiger charge is 2.33. The topological polar surface area (TPSA) is 18.5 Å². The second-order valence-corrected chi connectivity index (χ2v) is 5.65. The van der Waals surface area contributed by atoms with Crippen molar-refractivity contribution in [3.05, 3.63) is 23.5 Å². The molecule has 0 aromatic carbocycles. The second-order valence-electron chi connectivity index (χ2n) is 5.65. The predicted octanol–water partition coefficient (Wildman–Crippen LogP) is 2.39. The third kappa shape index (κ3) is 2.72. The summed E-state index contributed by atoms with van der Waals surface area (Å²) in [5.74, 6) is 0.772. The first-order valence-corrected chi connectivity index (χ1v) is 7.18. The van der Waals surface area contributed by atoms with E-state index in [1.807, 2.05) is 0 Å². The van der Waals surface area contributed by atoms with Gasteiger partial charge in [0.15, 0.2) is 0 Å². The Balaban J connectivity index is 1.99. The van der Waals surface area contributed by atoms with Gasteiger partial charge in [-0.25, -0.2) is 0 Å². The van der Waals surface area contributed by atoms with Gasteiger partial charge in [-0.2, -0.15) is 0 Å². The summed E-state index contributed by atoms with van der Waals surface area (Å²) in [7, 11) is 4.44.